The Balaban J connectivity index is 1.48. The highest BCUT2D eigenvalue weighted by molar-refractivity contribution is 7.89. The Kier molecular flexibility index (Phi) is 7.77. The quantitative estimate of drug-likeness (QED) is 0.478. The van der Waals surface area contributed by atoms with Gasteiger partial charge in [0.25, 0.3) is 5.56 Å². The summed E-state index contributed by atoms with van der Waals surface area (Å²) in [6, 6.07) is 12.8. The maximum absolute atomic E-state index is 13.3. The molecule has 1 atom stereocenters. The molecule has 1 aliphatic rings. The second-order valence-electron chi connectivity index (χ2n) is 8.53. The molecule has 11 heteroatoms. The van der Waals surface area contributed by atoms with Crippen LogP contribution in [0.3, 0.4) is 0 Å². The number of aryl methyl sites for hydroxylation is 1. The van der Waals surface area contributed by atoms with Crippen LogP contribution >= 0.6 is 11.6 Å². The molecule has 1 amide bonds. The van der Waals surface area contributed by atoms with Crippen LogP contribution in [0.25, 0.3) is 11.4 Å². The van der Waals surface area contributed by atoms with E-state index in [2.05, 4.69) is 15.3 Å². The van der Waals surface area contributed by atoms with Gasteiger partial charge in [0, 0.05) is 36.1 Å². The van der Waals surface area contributed by atoms with Crippen LogP contribution in [0.15, 0.2) is 58.2 Å². The number of rotatable bonds is 7. The number of nitrogens with one attached hydrogen (secondary N) is 2. The molecule has 4 rings (SSSR count). The Bertz CT molecular complexity index is 1440. The second-order valence-corrected chi connectivity index (χ2v) is 10.9. The van der Waals surface area contributed by atoms with E-state index in [1.807, 2.05) is 6.92 Å². The van der Waals surface area contributed by atoms with Gasteiger partial charge in [0.15, 0.2) is 0 Å². The molecule has 2 N–H and O–H groups in total. The van der Waals surface area contributed by atoms with Crippen LogP contribution in [0.4, 0.5) is 5.69 Å². The van der Waals surface area contributed by atoms with E-state index in [-0.39, 0.29) is 27.9 Å². The lowest BCUT2D eigenvalue weighted by Crippen LogP contribution is -2.43. The largest absolute Gasteiger partial charge is 0.492 e. The Morgan fingerprint density at radius 1 is 1.25 bits per heavy atom. The summed E-state index contributed by atoms with van der Waals surface area (Å²) >= 11 is 6.20. The Morgan fingerprint density at radius 2 is 2.06 bits per heavy atom. The molecule has 2 heterocycles. The summed E-state index contributed by atoms with van der Waals surface area (Å²) in [5.74, 6) is 0.0240. The number of halogens is 1. The maximum atomic E-state index is 13.3. The molecule has 1 aliphatic heterocycles. The van der Waals surface area contributed by atoms with Crippen molar-refractivity contribution >= 4 is 33.2 Å². The number of hydrogen-bond donors (Lipinski definition) is 2. The van der Waals surface area contributed by atoms with Gasteiger partial charge < -0.3 is 15.0 Å². The number of aromatic nitrogens is 2. The van der Waals surface area contributed by atoms with Crippen molar-refractivity contribution in [2.24, 2.45) is 5.92 Å². The molecule has 0 bridgehead atoms. The number of carbonyl (C=O) groups is 1. The van der Waals surface area contributed by atoms with Crippen LogP contribution in [0.5, 0.6) is 5.75 Å². The summed E-state index contributed by atoms with van der Waals surface area (Å²) < 4.78 is 33.2. The summed E-state index contributed by atoms with van der Waals surface area (Å²) in [7, 11) is -3.84. The maximum Gasteiger partial charge on any atom is 0.251 e. The van der Waals surface area contributed by atoms with Crippen molar-refractivity contribution in [1.29, 1.82) is 0 Å². The molecule has 0 spiro atoms. The molecule has 9 nitrogen and oxygen atoms in total. The number of nitrogens with zero attached hydrogens (tertiary/aromatic N) is 2. The molecule has 2 aromatic carbocycles. The number of carbonyl (C=O) groups excluding carboxylic acids is 1. The van der Waals surface area contributed by atoms with Gasteiger partial charge in [-0.25, -0.2) is 13.4 Å². The lowest BCUT2D eigenvalue weighted by atomic mass is 9.98. The summed E-state index contributed by atoms with van der Waals surface area (Å²) in [5, 5.41) is 3.09. The average molecular weight is 531 g/mol. The van der Waals surface area contributed by atoms with Crippen molar-refractivity contribution in [3.63, 3.8) is 0 Å². The van der Waals surface area contributed by atoms with Gasteiger partial charge in [0.2, 0.25) is 15.9 Å². The second kappa shape index (κ2) is 10.8. The van der Waals surface area contributed by atoms with Crippen molar-refractivity contribution < 1.29 is 17.9 Å². The predicted molar refractivity (Wildman–Crippen MR) is 138 cm³/mol. The summed E-state index contributed by atoms with van der Waals surface area (Å²) in [6.45, 7) is 4.34. The minimum atomic E-state index is -3.84. The van der Waals surface area contributed by atoms with E-state index in [4.69, 9.17) is 16.3 Å². The third kappa shape index (κ3) is 5.77. The summed E-state index contributed by atoms with van der Waals surface area (Å²) in [4.78, 5) is 32.0. The standard InChI is InChI=1S/C25H27ClN4O5S/c1-3-35-22-10-9-20(14-21(22)26)36(33,34)30-11-5-7-18(15-30)25(32)28-19-8-4-6-17(13-19)24-27-16(2)12-23(31)29-24/h4,6,8-10,12-14,18H,3,5,7,11,15H2,1-2H3,(H,28,32)(H,27,29,31). The first-order chi connectivity index (χ1) is 17.2. The molecule has 0 aliphatic carbocycles. The first-order valence-electron chi connectivity index (χ1n) is 11.6. The highest BCUT2D eigenvalue weighted by Crippen LogP contribution is 2.31. The Morgan fingerprint density at radius 3 is 2.78 bits per heavy atom. The minimum Gasteiger partial charge on any atom is -0.492 e. The third-order valence-electron chi connectivity index (χ3n) is 5.87. The molecular weight excluding hydrogens is 504 g/mol. The van der Waals surface area contributed by atoms with Gasteiger partial charge in [0.05, 0.1) is 22.4 Å². The van der Waals surface area contributed by atoms with E-state index in [9.17, 15) is 18.0 Å². The SMILES string of the molecule is CCOc1ccc(S(=O)(=O)N2CCCC(C(=O)Nc3cccc(-c4nc(C)cc(=O)[nH]4)c3)C2)cc1Cl. The topological polar surface area (TPSA) is 121 Å². The average Bonchev–Trinajstić information content (AvgIpc) is 2.85. The number of aromatic amines is 1. The van der Waals surface area contributed by atoms with Crippen LogP contribution < -0.4 is 15.6 Å². The van der Waals surface area contributed by atoms with Gasteiger partial charge in [-0.3, -0.25) is 9.59 Å². The fraction of sp³-hybridized carbons (Fsp3) is 0.320. The predicted octanol–water partition coefficient (Wildman–Crippen LogP) is 3.84. The number of benzene rings is 2. The zero-order valence-corrected chi connectivity index (χ0v) is 21.5. The van der Waals surface area contributed by atoms with Crippen molar-refractivity contribution in [2.45, 2.75) is 31.6 Å². The molecular formula is C25H27ClN4O5S. The Labute approximate surface area is 214 Å². The number of anilines is 1. The molecule has 36 heavy (non-hydrogen) atoms. The van der Waals surface area contributed by atoms with Crippen molar-refractivity contribution in [1.82, 2.24) is 14.3 Å². The van der Waals surface area contributed by atoms with Crippen molar-refractivity contribution in [3.05, 3.63) is 69.6 Å². The van der Waals surface area contributed by atoms with Crippen LogP contribution in [0.1, 0.15) is 25.5 Å². The van der Waals surface area contributed by atoms with E-state index < -0.39 is 15.9 Å². The molecule has 1 unspecified atom stereocenters. The number of hydrogen-bond acceptors (Lipinski definition) is 6. The molecule has 3 aromatic rings. The van der Waals surface area contributed by atoms with E-state index in [1.165, 1.54) is 28.6 Å². The van der Waals surface area contributed by atoms with Gasteiger partial charge in [-0.1, -0.05) is 23.7 Å². The van der Waals surface area contributed by atoms with E-state index in [0.29, 0.717) is 54.5 Å². The van der Waals surface area contributed by atoms with Gasteiger partial charge in [-0.05, 0) is 57.0 Å². The smallest absolute Gasteiger partial charge is 0.251 e. The van der Waals surface area contributed by atoms with Crippen molar-refractivity contribution in [3.8, 4) is 17.1 Å². The fourth-order valence-corrected chi connectivity index (χ4v) is 5.99. The van der Waals surface area contributed by atoms with E-state index in [0.717, 1.165) is 0 Å². The highest BCUT2D eigenvalue weighted by atomic mass is 35.5. The van der Waals surface area contributed by atoms with Crippen LogP contribution in [0, 0.1) is 12.8 Å². The fourth-order valence-electron chi connectivity index (χ4n) is 4.14. The lowest BCUT2D eigenvalue weighted by molar-refractivity contribution is -0.120. The summed E-state index contributed by atoms with van der Waals surface area (Å²) in [6.07, 6.45) is 1.12. The minimum absolute atomic E-state index is 0.0596. The third-order valence-corrected chi connectivity index (χ3v) is 8.03. The number of H-pyrrole nitrogens is 1. The van der Waals surface area contributed by atoms with Crippen LogP contribution in [0.2, 0.25) is 5.02 Å². The Hall–Kier alpha value is -3.21. The van der Waals surface area contributed by atoms with Crippen LogP contribution in [-0.2, 0) is 14.8 Å². The van der Waals surface area contributed by atoms with Crippen LogP contribution in [-0.4, -0.2) is 48.3 Å². The summed E-state index contributed by atoms with van der Waals surface area (Å²) in [5.41, 5.74) is 1.50. The molecule has 1 saturated heterocycles. The lowest BCUT2D eigenvalue weighted by Gasteiger charge is -2.31. The molecule has 1 fully saturated rings. The first-order valence-corrected chi connectivity index (χ1v) is 13.4. The van der Waals surface area contributed by atoms with Gasteiger partial charge in [-0.2, -0.15) is 4.31 Å². The number of piperidine rings is 1. The van der Waals surface area contributed by atoms with Gasteiger partial charge >= 0.3 is 0 Å². The van der Waals surface area contributed by atoms with Gasteiger partial charge in [-0.15, -0.1) is 0 Å². The molecule has 0 radical (unpaired) electrons. The molecule has 190 valence electrons. The first kappa shape index (κ1) is 25.9. The molecule has 0 saturated carbocycles. The zero-order chi connectivity index (χ0) is 25.9. The van der Waals surface area contributed by atoms with E-state index >= 15 is 0 Å². The molecule has 1 aromatic heterocycles. The number of amides is 1. The zero-order valence-electron chi connectivity index (χ0n) is 20.0. The van der Waals surface area contributed by atoms with Gasteiger partial charge in [0.1, 0.15) is 11.6 Å². The normalized spacial score (nSPS) is 16.5. The monoisotopic (exact) mass is 530 g/mol. The van der Waals surface area contributed by atoms with E-state index in [1.54, 1.807) is 31.2 Å². The number of ether oxygens (including phenoxy) is 1. The number of sulfonamides is 1. The van der Waals surface area contributed by atoms with Crippen molar-refractivity contribution in [2.75, 3.05) is 25.0 Å². The highest BCUT2D eigenvalue weighted by Gasteiger charge is 2.33.